The van der Waals surface area contributed by atoms with E-state index in [-0.39, 0.29) is 5.56 Å². The third-order valence-electron chi connectivity index (χ3n) is 4.87. The summed E-state index contributed by atoms with van der Waals surface area (Å²) in [6.45, 7) is 2.03. The minimum Gasteiger partial charge on any atom is -0.306 e. The van der Waals surface area contributed by atoms with Crippen molar-refractivity contribution in [2.45, 2.75) is 6.92 Å². The van der Waals surface area contributed by atoms with Gasteiger partial charge in [0, 0.05) is 21.8 Å². The zero-order valence-corrected chi connectivity index (χ0v) is 15.8. The van der Waals surface area contributed by atoms with Crippen LogP contribution in [0.4, 0.5) is 0 Å². The van der Waals surface area contributed by atoms with Crippen LogP contribution in [0.1, 0.15) is 5.56 Å². The van der Waals surface area contributed by atoms with E-state index in [2.05, 4.69) is 9.97 Å². The summed E-state index contributed by atoms with van der Waals surface area (Å²) >= 11 is 1.39. The summed E-state index contributed by atoms with van der Waals surface area (Å²) in [4.78, 5) is 34.1. The maximum Gasteiger partial charge on any atom is 0.333 e. The zero-order valence-electron chi connectivity index (χ0n) is 15.0. The van der Waals surface area contributed by atoms with E-state index in [1.54, 1.807) is 12.4 Å². The number of benzene rings is 2. The highest BCUT2D eigenvalue weighted by molar-refractivity contribution is 7.22. The van der Waals surface area contributed by atoms with Crippen LogP contribution in [-0.2, 0) is 0 Å². The topological polar surface area (TPSA) is 67.8 Å². The van der Waals surface area contributed by atoms with Crippen molar-refractivity contribution in [3.05, 3.63) is 93.4 Å². The Morgan fingerprint density at radius 1 is 1.00 bits per heavy atom. The summed E-state index contributed by atoms with van der Waals surface area (Å²) in [6.07, 6.45) is 3.28. The van der Waals surface area contributed by atoms with Crippen LogP contribution in [0.3, 0.4) is 0 Å². The molecule has 2 aromatic carbocycles. The molecule has 136 valence electrons. The number of hydrogen-bond donors (Lipinski definition) is 1. The van der Waals surface area contributed by atoms with Gasteiger partial charge in [-0.05, 0) is 24.1 Å². The summed E-state index contributed by atoms with van der Waals surface area (Å²) in [5.41, 5.74) is 2.42. The van der Waals surface area contributed by atoms with Gasteiger partial charge in [-0.3, -0.25) is 9.78 Å². The minimum atomic E-state index is -0.468. The molecule has 0 radical (unpaired) electrons. The summed E-state index contributed by atoms with van der Waals surface area (Å²) in [7, 11) is 0. The smallest absolute Gasteiger partial charge is 0.306 e. The van der Waals surface area contributed by atoms with Crippen LogP contribution in [0.15, 0.2) is 76.6 Å². The summed E-state index contributed by atoms with van der Waals surface area (Å²) in [6, 6.07) is 17.4. The lowest BCUT2D eigenvalue weighted by atomic mass is 10.1. The number of nitrogens with one attached hydrogen (secondary N) is 1. The molecule has 0 spiro atoms. The lowest BCUT2D eigenvalue weighted by Gasteiger charge is -2.07. The Morgan fingerprint density at radius 2 is 1.79 bits per heavy atom. The van der Waals surface area contributed by atoms with Crippen molar-refractivity contribution in [3.8, 4) is 16.1 Å². The number of H-pyrrole nitrogens is 1. The average molecular weight is 385 g/mol. The number of fused-ring (bicyclic) bond motifs is 2. The lowest BCUT2D eigenvalue weighted by Crippen LogP contribution is -2.33. The first kappa shape index (κ1) is 16.6. The third kappa shape index (κ3) is 2.50. The molecule has 0 bridgehead atoms. The molecule has 0 aliphatic heterocycles. The average Bonchev–Trinajstić information content (AvgIpc) is 3.12. The Kier molecular flexibility index (Phi) is 3.74. The number of hydrogen-bond acceptors (Lipinski definition) is 4. The van der Waals surface area contributed by atoms with Crippen LogP contribution >= 0.6 is 11.3 Å². The van der Waals surface area contributed by atoms with Crippen LogP contribution < -0.4 is 11.2 Å². The molecule has 3 aromatic heterocycles. The van der Waals surface area contributed by atoms with Gasteiger partial charge >= 0.3 is 5.69 Å². The van der Waals surface area contributed by atoms with Gasteiger partial charge < -0.3 is 4.98 Å². The molecule has 28 heavy (non-hydrogen) atoms. The third-order valence-corrected chi connectivity index (χ3v) is 6.03. The van der Waals surface area contributed by atoms with E-state index in [1.807, 2.05) is 61.5 Å². The number of thiophene rings is 1. The van der Waals surface area contributed by atoms with Gasteiger partial charge in [-0.15, -0.1) is 11.3 Å². The van der Waals surface area contributed by atoms with E-state index >= 15 is 0 Å². The summed E-state index contributed by atoms with van der Waals surface area (Å²) in [5, 5.41) is 1.68. The number of pyridine rings is 1. The predicted molar refractivity (Wildman–Crippen MR) is 114 cm³/mol. The van der Waals surface area contributed by atoms with Gasteiger partial charge in [-0.25, -0.2) is 9.36 Å². The van der Waals surface area contributed by atoms with Crippen molar-refractivity contribution in [3.63, 3.8) is 0 Å². The number of aryl methyl sites for hydroxylation is 1. The maximum atomic E-state index is 13.2. The van der Waals surface area contributed by atoms with Gasteiger partial charge in [0.05, 0.1) is 17.4 Å². The lowest BCUT2D eigenvalue weighted by molar-refractivity contribution is 0.905. The van der Waals surface area contributed by atoms with E-state index in [4.69, 9.17) is 0 Å². The fraction of sp³-hybridized carbons (Fsp3) is 0.0455. The van der Waals surface area contributed by atoms with E-state index in [9.17, 15) is 9.59 Å². The molecule has 0 amide bonds. The van der Waals surface area contributed by atoms with Crippen LogP contribution in [-0.4, -0.2) is 14.5 Å². The predicted octanol–water partition coefficient (Wildman–Crippen LogP) is 4.26. The molecule has 0 unspecified atom stereocenters. The standard InChI is InChI=1S/C22H15N3O2S/c1-13-6-2-4-8-15(13)19-10-17-20(28-19)21(26)25(22(27)24-17)18-12-23-11-14-7-3-5-9-16(14)18/h2-12H,1H3,(H,24,27). The van der Waals surface area contributed by atoms with E-state index in [0.717, 1.165) is 26.8 Å². The summed E-state index contributed by atoms with van der Waals surface area (Å²) in [5.74, 6) is 0. The summed E-state index contributed by atoms with van der Waals surface area (Å²) < 4.78 is 1.70. The molecular weight excluding hydrogens is 370 g/mol. The van der Waals surface area contributed by atoms with Crippen LogP contribution in [0.25, 0.3) is 37.1 Å². The highest BCUT2D eigenvalue weighted by Crippen LogP contribution is 2.32. The second-order valence-electron chi connectivity index (χ2n) is 6.62. The van der Waals surface area contributed by atoms with Gasteiger partial charge in [0.2, 0.25) is 0 Å². The Hall–Kier alpha value is -3.51. The van der Waals surface area contributed by atoms with Crippen LogP contribution in [0.2, 0.25) is 0 Å². The Balaban J connectivity index is 1.81. The fourth-order valence-electron chi connectivity index (χ4n) is 3.49. The maximum absolute atomic E-state index is 13.2. The molecule has 0 atom stereocenters. The van der Waals surface area contributed by atoms with Crippen LogP contribution in [0, 0.1) is 6.92 Å². The molecular formula is C22H15N3O2S. The van der Waals surface area contributed by atoms with Crippen molar-refractivity contribution in [1.29, 1.82) is 0 Å². The molecule has 6 heteroatoms. The fourth-order valence-corrected chi connectivity index (χ4v) is 4.62. The van der Waals surface area contributed by atoms with E-state index in [1.165, 1.54) is 15.9 Å². The van der Waals surface area contributed by atoms with Gasteiger partial charge in [-0.2, -0.15) is 0 Å². The molecule has 5 nitrogen and oxygen atoms in total. The molecule has 0 fully saturated rings. The molecule has 5 rings (SSSR count). The molecule has 0 saturated heterocycles. The number of aromatic amines is 1. The largest absolute Gasteiger partial charge is 0.333 e. The van der Waals surface area contributed by atoms with E-state index < -0.39 is 5.69 Å². The van der Waals surface area contributed by atoms with Gasteiger partial charge in [0.1, 0.15) is 4.70 Å². The first-order chi connectivity index (χ1) is 13.6. The Labute approximate surface area is 163 Å². The normalized spacial score (nSPS) is 11.3. The second-order valence-corrected chi connectivity index (χ2v) is 7.67. The number of nitrogens with zero attached hydrogens (tertiary/aromatic N) is 2. The molecule has 1 N–H and O–H groups in total. The van der Waals surface area contributed by atoms with Gasteiger partial charge in [0.15, 0.2) is 0 Å². The van der Waals surface area contributed by atoms with E-state index in [0.29, 0.717) is 15.9 Å². The monoisotopic (exact) mass is 385 g/mol. The molecule has 0 saturated carbocycles. The van der Waals surface area contributed by atoms with Crippen LogP contribution in [0.5, 0.6) is 0 Å². The number of rotatable bonds is 2. The van der Waals surface area contributed by atoms with Crippen molar-refractivity contribution < 1.29 is 0 Å². The van der Waals surface area contributed by atoms with Gasteiger partial charge in [0.25, 0.3) is 5.56 Å². The molecule has 5 aromatic rings. The molecule has 0 aliphatic carbocycles. The quantitative estimate of drug-likeness (QED) is 0.494. The van der Waals surface area contributed by atoms with Crippen molar-refractivity contribution in [1.82, 2.24) is 14.5 Å². The highest BCUT2D eigenvalue weighted by atomic mass is 32.1. The van der Waals surface area contributed by atoms with Gasteiger partial charge in [-0.1, -0.05) is 48.5 Å². The Bertz CT molecular complexity index is 1470. The second kappa shape index (κ2) is 6.28. The molecule has 0 aliphatic rings. The van der Waals surface area contributed by atoms with Crippen molar-refractivity contribution in [2.24, 2.45) is 0 Å². The number of aromatic nitrogens is 3. The Morgan fingerprint density at radius 3 is 2.64 bits per heavy atom. The van der Waals surface area contributed by atoms with Crippen molar-refractivity contribution in [2.75, 3.05) is 0 Å². The SMILES string of the molecule is Cc1ccccc1-c1cc2[nH]c(=O)n(-c3cncc4ccccc34)c(=O)c2s1. The highest BCUT2D eigenvalue weighted by Gasteiger charge is 2.16. The minimum absolute atomic E-state index is 0.332. The zero-order chi connectivity index (χ0) is 19.3. The first-order valence-electron chi connectivity index (χ1n) is 8.81. The van der Waals surface area contributed by atoms with Crippen molar-refractivity contribution >= 4 is 32.3 Å². The molecule has 3 heterocycles. The first-order valence-corrected chi connectivity index (χ1v) is 9.63.